The molecule has 0 fully saturated rings. The molecule has 0 aliphatic heterocycles. The van der Waals surface area contributed by atoms with Crippen LogP contribution in [0.2, 0.25) is 0 Å². The Labute approximate surface area is 841 Å². The highest BCUT2D eigenvalue weighted by Gasteiger charge is 2.27. The van der Waals surface area contributed by atoms with Gasteiger partial charge in [0, 0.05) is 139 Å². The Morgan fingerprint density at radius 3 is 0.903 bits per heavy atom. The van der Waals surface area contributed by atoms with Crippen LogP contribution in [-0.4, -0.2) is 28.7 Å². The molecule has 144 heavy (non-hydrogen) atoms. The van der Waals surface area contributed by atoms with Gasteiger partial charge in [-0.3, -0.25) is 0 Å². The molecule has 9 aromatic heterocycles. The van der Waals surface area contributed by atoms with Crippen LogP contribution >= 0.6 is 34.0 Å². The van der Waals surface area contributed by atoms with Gasteiger partial charge >= 0.3 is 0 Å². The Kier molecular flexibility index (Phi) is 20.5. The highest BCUT2D eigenvalue weighted by molar-refractivity contribution is 7.28. The van der Waals surface area contributed by atoms with Crippen LogP contribution in [0.25, 0.3) is 276 Å². The maximum absolute atomic E-state index is 5.19. The van der Waals surface area contributed by atoms with Crippen molar-refractivity contribution in [3.05, 3.63) is 510 Å². The molecule has 0 spiro atoms. The van der Waals surface area contributed by atoms with E-state index in [9.17, 15) is 0 Å². The molecular formula is C135H84N6S3. The molecular weight excluding hydrogens is 1800 g/mol. The van der Waals surface area contributed by atoms with Crippen LogP contribution in [0, 0.1) is 0 Å². The number of hydrogen-bond donors (Lipinski definition) is 0. The van der Waals surface area contributed by atoms with Crippen LogP contribution < -0.4 is 0 Å². The van der Waals surface area contributed by atoms with Crippen molar-refractivity contribution in [1.29, 1.82) is 0 Å². The molecule has 0 aliphatic rings. The van der Waals surface area contributed by atoms with Gasteiger partial charge in [-0.15, -0.1) is 34.0 Å². The predicted molar refractivity (Wildman–Crippen MR) is 616 cm³/mol. The van der Waals surface area contributed by atoms with Crippen molar-refractivity contribution in [3.63, 3.8) is 0 Å². The Morgan fingerprint density at radius 2 is 0.444 bits per heavy atom. The normalized spacial score (nSPS) is 11.8. The fraction of sp³-hybridized carbons (Fsp3) is 0. The Bertz CT molecular complexity index is 9950. The third-order valence-corrected chi connectivity index (χ3v) is 32.3. The summed E-state index contributed by atoms with van der Waals surface area (Å²) in [6, 6.07) is 183. The zero-order valence-electron chi connectivity index (χ0n) is 77.9. The molecule has 0 saturated carbocycles. The van der Waals surface area contributed by atoms with Crippen molar-refractivity contribution in [2.45, 2.75) is 0 Å². The molecule has 0 radical (unpaired) electrons. The van der Waals surface area contributed by atoms with Crippen molar-refractivity contribution in [1.82, 2.24) is 28.7 Å². The third kappa shape index (κ3) is 14.3. The first-order valence-electron chi connectivity index (χ1n) is 48.9. The van der Waals surface area contributed by atoms with Crippen molar-refractivity contribution < 1.29 is 0 Å². The summed E-state index contributed by atoms with van der Waals surface area (Å²) >= 11 is 5.70. The molecule has 6 nitrogen and oxygen atoms in total. The third-order valence-electron chi connectivity index (χ3n) is 28.7. The van der Waals surface area contributed by atoms with E-state index < -0.39 is 0 Å². The first-order valence-corrected chi connectivity index (χ1v) is 51.4. The fourth-order valence-electron chi connectivity index (χ4n) is 22.1. The Balaban J connectivity index is 0.000000105. The minimum absolute atomic E-state index is 0.960. The molecule has 21 aromatic carbocycles. The Hall–Kier alpha value is -18.1. The number of para-hydroxylation sites is 2. The summed E-state index contributed by atoms with van der Waals surface area (Å²) in [5.41, 5.74) is 30.3. The molecule has 0 N–H and O–H groups in total. The van der Waals surface area contributed by atoms with E-state index in [1.54, 1.807) is 0 Å². The molecule has 0 aliphatic carbocycles. The number of rotatable bonds is 12. The van der Waals surface area contributed by atoms with Gasteiger partial charge in [0.15, 0.2) is 0 Å². The van der Waals surface area contributed by atoms with Crippen LogP contribution in [-0.2, 0) is 0 Å². The van der Waals surface area contributed by atoms with Crippen LogP contribution in [0.15, 0.2) is 510 Å². The summed E-state index contributed by atoms with van der Waals surface area (Å²) < 4.78 is 15.4. The van der Waals surface area contributed by atoms with Crippen molar-refractivity contribution in [2.24, 2.45) is 0 Å². The molecule has 30 rings (SSSR count). The molecule has 0 unspecified atom stereocenters. The molecule has 9 heterocycles. The van der Waals surface area contributed by atoms with Crippen molar-refractivity contribution >= 4 is 192 Å². The fourth-order valence-corrected chi connectivity index (χ4v) is 25.9. The van der Waals surface area contributed by atoms with Crippen LogP contribution in [0.4, 0.5) is 0 Å². The first-order chi connectivity index (χ1) is 71.4. The zero-order chi connectivity index (χ0) is 94.8. The number of aromatic nitrogens is 6. The monoisotopic (exact) mass is 1880 g/mol. The maximum Gasteiger partial charge on any atom is 0.0726 e. The van der Waals surface area contributed by atoms with E-state index in [2.05, 4.69) is 499 Å². The number of hydrogen-bond acceptors (Lipinski definition) is 6. The highest BCUT2D eigenvalue weighted by atomic mass is 32.1. The largest absolute Gasteiger partial charge is 0.309 e. The van der Waals surface area contributed by atoms with E-state index in [1.165, 1.54) is 169 Å². The number of benzene rings is 21. The summed E-state index contributed by atoms with van der Waals surface area (Å²) in [6.07, 6.45) is 0. The second kappa shape index (κ2) is 35.1. The van der Waals surface area contributed by atoms with Crippen LogP contribution in [0.5, 0.6) is 0 Å². The second-order valence-corrected chi connectivity index (χ2v) is 40.2. The molecule has 0 atom stereocenters. The van der Waals surface area contributed by atoms with Gasteiger partial charge in [-0.1, -0.05) is 400 Å². The van der Waals surface area contributed by atoms with E-state index in [4.69, 9.17) is 15.0 Å². The topological polar surface area (TPSA) is 53.5 Å². The summed E-state index contributed by atoms with van der Waals surface area (Å²) in [6.45, 7) is 0. The second-order valence-electron chi connectivity index (χ2n) is 37.0. The molecule has 672 valence electrons. The van der Waals surface area contributed by atoms with Gasteiger partial charge in [-0.2, -0.15) is 0 Å². The first kappa shape index (κ1) is 84.0. The smallest absolute Gasteiger partial charge is 0.0726 e. The SMILES string of the molecule is c1ccc(-c2cc(-c3ccc(-n4c5ccccc5c5c6ccccc6c6c7ccccc7sc6c54)cc3)cc(-c3ccccc3)n2)cc1.c1ccc(-c2cc(-c3ccccc3)nc(-c3ccc(-n4c5ccc6ccccc6c5c5ccc6c7ccccc7sc6c54)cc3)c2)cc1.c1ccc(-c2cc(-c3ccccc3)nc(-c3ccc(-n4c5ccccc5c5c6sc7ccccc7c6c6ccccc6c54)cc3)c2)cc1. The van der Waals surface area contributed by atoms with Gasteiger partial charge in [0.05, 0.1) is 76.7 Å². The van der Waals surface area contributed by atoms with E-state index in [-0.39, 0.29) is 0 Å². The van der Waals surface area contributed by atoms with Gasteiger partial charge in [-0.25, -0.2) is 15.0 Å². The summed E-state index contributed by atoms with van der Waals surface area (Å²) in [4.78, 5) is 15.5. The predicted octanol–water partition coefficient (Wildman–Crippen LogP) is 38.1. The van der Waals surface area contributed by atoms with Gasteiger partial charge in [-0.05, 0) is 170 Å². The lowest BCUT2D eigenvalue weighted by Crippen LogP contribution is -1.95. The highest BCUT2D eigenvalue weighted by Crippen LogP contribution is 2.53. The minimum Gasteiger partial charge on any atom is -0.309 e. The standard InChI is InChI=1S/3C45H28N2S/c1-3-13-30(14-4-1)38-27-32(28-39(46-38)31-15-5-2-6-16-31)29-23-25-33(26-24-29)47-40-21-11-9-19-36(40)42-34-17-7-8-18-35(34)43-37-20-10-12-22-41(37)48-45(43)44(42)47;1-3-13-29(14-4-1)32-27-38(30-15-5-2-6-16-30)46-39(28-32)31-23-25-33(26-24-31)47-40-21-11-9-19-36(40)43-44(47)35-18-8-7-17-34(35)42-37-20-10-12-22-41(37)48-45(42)43;1-3-11-29(12-4-1)33-27-39(31-14-5-2-6-15-31)46-40(28-33)32-19-22-34(23-20-32)47-41-26-21-30-13-7-8-16-35(30)43(41)38-25-24-37-36-17-9-10-18-42(36)48-45(37)44(38)47/h3*1-28H. The summed E-state index contributed by atoms with van der Waals surface area (Å²) in [5.74, 6) is 0. The lowest BCUT2D eigenvalue weighted by molar-refractivity contribution is 1.19. The lowest BCUT2D eigenvalue weighted by Gasteiger charge is -2.13. The van der Waals surface area contributed by atoms with Crippen LogP contribution in [0.1, 0.15) is 0 Å². The van der Waals surface area contributed by atoms with Crippen molar-refractivity contribution in [2.75, 3.05) is 0 Å². The van der Waals surface area contributed by atoms with E-state index in [0.717, 1.165) is 107 Å². The van der Waals surface area contributed by atoms with Crippen molar-refractivity contribution in [3.8, 4) is 118 Å². The van der Waals surface area contributed by atoms with Gasteiger partial charge in [0.2, 0.25) is 0 Å². The number of thiophene rings is 3. The van der Waals surface area contributed by atoms with Gasteiger partial charge in [0.1, 0.15) is 0 Å². The van der Waals surface area contributed by atoms with Gasteiger partial charge in [0.25, 0.3) is 0 Å². The summed E-state index contributed by atoms with van der Waals surface area (Å²) in [5, 5.41) is 23.5. The molecule has 0 bridgehead atoms. The van der Waals surface area contributed by atoms with E-state index in [0.29, 0.717) is 0 Å². The molecule has 0 saturated heterocycles. The Morgan fingerprint density at radius 1 is 0.146 bits per heavy atom. The quantitative estimate of drug-likeness (QED) is 0.122. The average molecular weight is 1890 g/mol. The number of fused-ring (bicyclic) bond motifs is 29. The van der Waals surface area contributed by atoms with E-state index in [1.807, 2.05) is 58.3 Å². The van der Waals surface area contributed by atoms with E-state index >= 15 is 0 Å². The lowest BCUT2D eigenvalue weighted by atomic mass is 9.99. The zero-order valence-corrected chi connectivity index (χ0v) is 80.4. The van der Waals surface area contributed by atoms with Crippen LogP contribution in [0.3, 0.4) is 0 Å². The maximum atomic E-state index is 5.19. The number of nitrogens with zero attached hydrogens (tertiary/aromatic N) is 6. The van der Waals surface area contributed by atoms with Gasteiger partial charge < -0.3 is 13.7 Å². The number of pyridine rings is 3. The summed E-state index contributed by atoms with van der Waals surface area (Å²) in [7, 11) is 0. The minimum atomic E-state index is 0.960. The molecule has 9 heteroatoms. The average Bonchev–Trinajstić information content (AvgIpc) is 1.54. The molecule has 0 amide bonds. The molecule has 30 aromatic rings.